The smallest absolute Gasteiger partial charge is 0.320 e. The molecule has 0 atom stereocenters. The first-order valence-electron chi connectivity index (χ1n) is 9.40. The molecule has 0 aliphatic heterocycles. The van der Waals surface area contributed by atoms with Crippen LogP contribution >= 0.6 is 0 Å². The highest BCUT2D eigenvalue weighted by Gasteiger charge is 2.20. The van der Waals surface area contributed by atoms with Gasteiger partial charge in [-0.1, -0.05) is 29.8 Å². The number of rotatable bonds is 4. The third-order valence-corrected chi connectivity index (χ3v) is 4.90. The van der Waals surface area contributed by atoms with Crippen LogP contribution in [0.2, 0.25) is 0 Å². The Morgan fingerprint density at radius 1 is 1.07 bits per heavy atom. The maximum Gasteiger partial charge on any atom is 0.337 e. The van der Waals surface area contributed by atoms with Crippen LogP contribution < -0.4 is 11.2 Å². The molecule has 0 unspecified atom stereocenters. The lowest BCUT2D eigenvalue weighted by Crippen LogP contribution is -2.41. The minimum absolute atomic E-state index is 0.272. The van der Waals surface area contributed by atoms with Crippen LogP contribution in [0.3, 0.4) is 0 Å². The molecule has 6 nitrogen and oxygen atoms in total. The van der Waals surface area contributed by atoms with Crippen LogP contribution in [0.5, 0.6) is 0 Å². The van der Waals surface area contributed by atoms with Gasteiger partial charge in [0.25, 0.3) is 5.56 Å². The summed E-state index contributed by atoms with van der Waals surface area (Å²) in [6.07, 6.45) is 1.52. The lowest BCUT2D eigenvalue weighted by Gasteiger charge is -2.15. The molecule has 0 bridgehead atoms. The Morgan fingerprint density at radius 3 is 2.45 bits per heavy atom. The second kappa shape index (κ2) is 7.16. The van der Waals surface area contributed by atoms with Gasteiger partial charge in [-0.3, -0.25) is 9.36 Å². The van der Waals surface area contributed by atoms with Gasteiger partial charge in [-0.15, -0.1) is 0 Å². The van der Waals surface area contributed by atoms with E-state index in [4.69, 9.17) is 0 Å². The Bertz CT molecular complexity index is 1310. The normalized spacial score (nSPS) is 11.5. The predicted octanol–water partition coefficient (Wildman–Crippen LogP) is 3.43. The maximum absolute atomic E-state index is 13.6. The molecule has 2 aromatic heterocycles. The van der Waals surface area contributed by atoms with Gasteiger partial charge in [0.05, 0.1) is 12.0 Å². The molecule has 0 amide bonds. The number of aryl methyl sites for hydroxylation is 1. The Morgan fingerprint density at radius 2 is 1.79 bits per heavy atom. The highest BCUT2D eigenvalue weighted by atomic mass is 19.1. The third-order valence-electron chi connectivity index (χ3n) is 4.90. The lowest BCUT2D eigenvalue weighted by molar-refractivity contribution is 0.539. The molecule has 4 aromatic rings. The van der Waals surface area contributed by atoms with E-state index in [1.165, 1.54) is 27.6 Å². The van der Waals surface area contributed by atoms with Crippen LogP contribution in [0.4, 0.5) is 4.39 Å². The summed E-state index contributed by atoms with van der Waals surface area (Å²) in [4.78, 5) is 30.7. The van der Waals surface area contributed by atoms with Crippen LogP contribution in [-0.4, -0.2) is 18.7 Å². The number of imidazole rings is 1. The molecule has 0 spiro atoms. The number of nitrogens with zero attached hydrogens (tertiary/aromatic N) is 4. The fourth-order valence-corrected chi connectivity index (χ4v) is 3.49. The third kappa shape index (κ3) is 3.29. The average molecular weight is 392 g/mol. The van der Waals surface area contributed by atoms with Gasteiger partial charge in [0.15, 0.2) is 11.2 Å². The van der Waals surface area contributed by atoms with Crippen molar-refractivity contribution in [2.24, 2.45) is 0 Å². The van der Waals surface area contributed by atoms with E-state index in [0.717, 1.165) is 5.56 Å². The molecule has 0 N–H and O–H groups in total. The number of aromatic nitrogens is 4. The minimum Gasteiger partial charge on any atom is -0.320 e. The van der Waals surface area contributed by atoms with Crippen molar-refractivity contribution in [1.29, 1.82) is 0 Å². The SMILES string of the molecule is Cc1ccc(-n2c(=O)n(C(C)C)c(=O)c3c2ncn3Cc2cccc(F)c2)cc1. The molecule has 0 saturated carbocycles. The van der Waals surface area contributed by atoms with E-state index in [2.05, 4.69) is 4.98 Å². The summed E-state index contributed by atoms with van der Waals surface area (Å²) < 4.78 is 17.9. The van der Waals surface area contributed by atoms with Gasteiger partial charge in [-0.05, 0) is 50.6 Å². The van der Waals surface area contributed by atoms with E-state index >= 15 is 0 Å². The number of fused-ring (bicyclic) bond motifs is 1. The van der Waals surface area contributed by atoms with Crippen LogP contribution in [-0.2, 0) is 6.54 Å². The molecule has 0 aliphatic carbocycles. The summed E-state index contributed by atoms with van der Waals surface area (Å²) >= 11 is 0. The zero-order valence-electron chi connectivity index (χ0n) is 16.5. The summed E-state index contributed by atoms with van der Waals surface area (Å²) in [5.41, 5.74) is 2.16. The fourth-order valence-electron chi connectivity index (χ4n) is 3.49. The van der Waals surface area contributed by atoms with Crippen molar-refractivity contribution in [2.45, 2.75) is 33.4 Å². The quantitative estimate of drug-likeness (QED) is 0.535. The molecule has 0 saturated heterocycles. The van der Waals surface area contributed by atoms with Gasteiger partial charge in [-0.2, -0.15) is 0 Å². The topological polar surface area (TPSA) is 61.8 Å². The summed E-state index contributed by atoms with van der Waals surface area (Å²) in [6, 6.07) is 13.3. The molecule has 2 heterocycles. The molecule has 7 heteroatoms. The number of benzene rings is 2. The summed E-state index contributed by atoms with van der Waals surface area (Å²) in [7, 11) is 0. The Kier molecular flexibility index (Phi) is 4.66. The van der Waals surface area contributed by atoms with Crippen molar-refractivity contribution in [2.75, 3.05) is 0 Å². The van der Waals surface area contributed by atoms with Gasteiger partial charge < -0.3 is 4.57 Å². The molecule has 4 rings (SSSR count). The predicted molar refractivity (Wildman–Crippen MR) is 110 cm³/mol. The van der Waals surface area contributed by atoms with Crippen molar-refractivity contribution in [3.8, 4) is 5.69 Å². The lowest BCUT2D eigenvalue weighted by atomic mass is 10.2. The van der Waals surface area contributed by atoms with E-state index in [1.807, 2.05) is 31.2 Å². The zero-order valence-corrected chi connectivity index (χ0v) is 16.5. The van der Waals surface area contributed by atoms with Crippen molar-refractivity contribution in [3.63, 3.8) is 0 Å². The number of hydrogen-bond donors (Lipinski definition) is 0. The van der Waals surface area contributed by atoms with Crippen molar-refractivity contribution in [1.82, 2.24) is 18.7 Å². The first kappa shape index (κ1) is 18.9. The number of hydrogen-bond acceptors (Lipinski definition) is 3. The van der Waals surface area contributed by atoms with Crippen molar-refractivity contribution in [3.05, 3.63) is 92.6 Å². The van der Waals surface area contributed by atoms with Gasteiger partial charge >= 0.3 is 5.69 Å². The van der Waals surface area contributed by atoms with Gasteiger partial charge in [0.2, 0.25) is 0 Å². The molecular formula is C22H21FN4O2. The molecule has 0 fully saturated rings. The highest BCUT2D eigenvalue weighted by Crippen LogP contribution is 2.16. The highest BCUT2D eigenvalue weighted by molar-refractivity contribution is 5.72. The Hall–Kier alpha value is -3.48. The molecule has 0 radical (unpaired) electrons. The average Bonchev–Trinajstić information content (AvgIpc) is 3.06. The zero-order chi connectivity index (χ0) is 20.7. The Labute approximate surface area is 166 Å². The van der Waals surface area contributed by atoms with E-state index < -0.39 is 11.2 Å². The van der Waals surface area contributed by atoms with E-state index in [-0.39, 0.29) is 24.1 Å². The van der Waals surface area contributed by atoms with Crippen LogP contribution in [0, 0.1) is 12.7 Å². The first-order chi connectivity index (χ1) is 13.9. The fraction of sp³-hybridized carbons (Fsp3) is 0.227. The van der Waals surface area contributed by atoms with Crippen LogP contribution in [0.25, 0.3) is 16.9 Å². The van der Waals surface area contributed by atoms with E-state index in [1.54, 1.807) is 30.5 Å². The molecule has 29 heavy (non-hydrogen) atoms. The number of halogens is 1. The van der Waals surface area contributed by atoms with E-state index in [9.17, 15) is 14.0 Å². The van der Waals surface area contributed by atoms with Crippen molar-refractivity contribution < 1.29 is 4.39 Å². The second-order valence-electron chi connectivity index (χ2n) is 7.40. The minimum atomic E-state index is -0.433. The first-order valence-corrected chi connectivity index (χ1v) is 9.40. The molecule has 2 aromatic carbocycles. The summed E-state index contributed by atoms with van der Waals surface area (Å²) in [5, 5.41) is 0. The summed E-state index contributed by atoms with van der Waals surface area (Å²) in [6.45, 7) is 5.82. The van der Waals surface area contributed by atoms with Crippen molar-refractivity contribution >= 4 is 11.2 Å². The maximum atomic E-state index is 13.6. The van der Waals surface area contributed by atoms with Gasteiger partial charge in [0.1, 0.15) is 5.82 Å². The van der Waals surface area contributed by atoms with Crippen LogP contribution in [0.15, 0.2) is 64.4 Å². The van der Waals surface area contributed by atoms with Crippen LogP contribution in [0.1, 0.15) is 31.0 Å². The molecular weight excluding hydrogens is 371 g/mol. The second-order valence-corrected chi connectivity index (χ2v) is 7.40. The Balaban J connectivity index is 2.01. The summed E-state index contributed by atoms with van der Waals surface area (Å²) in [5.74, 6) is -0.344. The standard InChI is InChI=1S/C22H21FN4O2/c1-14(2)26-21(28)19-20(27(22(26)29)18-9-7-15(3)8-10-18)24-13-25(19)12-16-5-4-6-17(23)11-16/h4-11,13-14H,12H2,1-3H3. The molecule has 148 valence electrons. The van der Waals surface area contributed by atoms with E-state index in [0.29, 0.717) is 16.8 Å². The van der Waals surface area contributed by atoms with Gasteiger partial charge in [-0.25, -0.2) is 18.7 Å². The van der Waals surface area contributed by atoms with Gasteiger partial charge in [0, 0.05) is 12.6 Å². The molecule has 0 aliphatic rings. The largest absolute Gasteiger partial charge is 0.337 e. The monoisotopic (exact) mass is 392 g/mol.